The molecule has 0 spiro atoms. The summed E-state index contributed by atoms with van der Waals surface area (Å²) in [4.78, 5) is 18.8. The maximum absolute atomic E-state index is 12.6. The minimum Gasteiger partial charge on any atom is -0.497 e. The lowest BCUT2D eigenvalue weighted by Gasteiger charge is -2.16. The quantitative estimate of drug-likeness (QED) is 0.633. The summed E-state index contributed by atoms with van der Waals surface area (Å²) in [6.07, 6.45) is 0.317. The second-order valence-electron chi connectivity index (χ2n) is 6.67. The molecule has 4 rings (SSSR count). The molecule has 1 atom stereocenters. The Labute approximate surface area is 168 Å². The van der Waals surface area contributed by atoms with Crippen molar-refractivity contribution in [3.05, 3.63) is 48.3 Å². The molecule has 29 heavy (non-hydrogen) atoms. The number of hydrogen-bond donors (Lipinski definition) is 0. The Kier molecular flexibility index (Phi) is 5.07. The van der Waals surface area contributed by atoms with E-state index in [1.54, 1.807) is 44.4 Å². The number of benzene rings is 2. The Morgan fingerprint density at radius 2 is 1.72 bits per heavy atom. The van der Waals surface area contributed by atoms with Crippen molar-refractivity contribution >= 4 is 11.6 Å². The summed E-state index contributed by atoms with van der Waals surface area (Å²) in [5.74, 6) is 2.66. The van der Waals surface area contributed by atoms with E-state index >= 15 is 0 Å². The molecule has 1 aromatic heterocycles. The second-order valence-corrected chi connectivity index (χ2v) is 6.67. The zero-order valence-electron chi connectivity index (χ0n) is 16.4. The van der Waals surface area contributed by atoms with Gasteiger partial charge in [0, 0.05) is 42.3 Å². The highest BCUT2D eigenvalue weighted by molar-refractivity contribution is 5.96. The van der Waals surface area contributed by atoms with Gasteiger partial charge in [0.05, 0.1) is 21.3 Å². The molecule has 3 aromatic rings. The molecule has 8 heteroatoms. The van der Waals surface area contributed by atoms with Gasteiger partial charge in [-0.3, -0.25) is 4.79 Å². The molecule has 0 bridgehead atoms. The van der Waals surface area contributed by atoms with Crippen LogP contribution in [0.25, 0.3) is 11.5 Å². The number of methoxy groups -OCH3 is 3. The highest BCUT2D eigenvalue weighted by atomic mass is 16.5. The van der Waals surface area contributed by atoms with E-state index in [1.165, 1.54) is 0 Å². The fourth-order valence-corrected chi connectivity index (χ4v) is 3.36. The van der Waals surface area contributed by atoms with Gasteiger partial charge in [0.25, 0.3) is 5.89 Å². The van der Waals surface area contributed by atoms with E-state index in [0.717, 1.165) is 5.69 Å². The molecule has 0 saturated carbocycles. The molecular formula is C21H21N3O5. The van der Waals surface area contributed by atoms with Crippen molar-refractivity contribution in [1.29, 1.82) is 0 Å². The number of carbonyl (C=O) groups is 1. The third kappa shape index (κ3) is 3.73. The van der Waals surface area contributed by atoms with E-state index in [1.807, 2.05) is 24.3 Å². The van der Waals surface area contributed by atoms with E-state index in [9.17, 15) is 4.79 Å². The molecular weight excluding hydrogens is 374 g/mol. The number of carbonyl (C=O) groups excluding carboxylic acids is 1. The molecule has 2 aromatic carbocycles. The Morgan fingerprint density at radius 3 is 2.41 bits per heavy atom. The molecule has 1 unspecified atom stereocenters. The summed E-state index contributed by atoms with van der Waals surface area (Å²) >= 11 is 0. The first kappa shape index (κ1) is 18.8. The topological polar surface area (TPSA) is 86.9 Å². The summed E-state index contributed by atoms with van der Waals surface area (Å²) in [5.41, 5.74) is 1.48. The number of nitrogens with zero attached hydrogens (tertiary/aromatic N) is 3. The Balaban J connectivity index is 1.57. The molecule has 1 aliphatic rings. The molecule has 150 valence electrons. The molecule has 8 nitrogen and oxygen atoms in total. The van der Waals surface area contributed by atoms with Crippen LogP contribution in [-0.2, 0) is 4.79 Å². The van der Waals surface area contributed by atoms with E-state index in [2.05, 4.69) is 10.1 Å². The number of rotatable bonds is 6. The maximum Gasteiger partial charge on any atom is 0.258 e. The van der Waals surface area contributed by atoms with Crippen LogP contribution in [0.2, 0.25) is 0 Å². The summed E-state index contributed by atoms with van der Waals surface area (Å²) < 4.78 is 21.3. The number of amides is 1. The number of ether oxygens (including phenoxy) is 3. The lowest BCUT2D eigenvalue weighted by molar-refractivity contribution is -0.117. The van der Waals surface area contributed by atoms with Crippen molar-refractivity contribution in [2.24, 2.45) is 0 Å². The smallest absolute Gasteiger partial charge is 0.258 e. The predicted molar refractivity (Wildman–Crippen MR) is 106 cm³/mol. The number of hydrogen-bond acceptors (Lipinski definition) is 7. The standard InChI is InChI=1S/C21H21N3O5/c1-26-16-6-4-5-15(10-16)24-12-14(9-19(24)25)20-22-21(29-23-20)13-7-17(27-2)11-18(8-13)28-3/h4-8,10-11,14H,9,12H2,1-3H3. The number of anilines is 1. The van der Waals surface area contributed by atoms with Gasteiger partial charge in [-0.25, -0.2) is 0 Å². The molecule has 0 aliphatic carbocycles. The largest absolute Gasteiger partial charge is 0.497 e. The van der Waals surface area contributed by atoms with Crippen molar-refractivity contribution < 1.29 is 23.5 Å². The van der Waals surface area contributed by atoms with E-state index < -0.39 is 0 Å². The molecule has 0 radical (unpaired) electrons. The zero-order valence-corrected chi connectivity index (χ0v) is 16.4. The maximum atomic E-state index is 12.6. The first-order chi connectivity index (χ1) is 14.1. The summed E-state index contributed by atoms with van der Waals surface area (Å²) in [6, 6.07) is 12.8. The molecule has 2 heterocycles. The Hall–Kier alpha value is -3.55. The van der Waals surface area contributed by atoms with Crippen molar-refractivity contribution in [2.75, 3.05) is 32.8 Å². The minimum atomic E-state index is -0.154. The van der Waals surface area contributed by atoms with Crippen molar-refractivity contribution in [1.82, 2.24) is 10.1 Å². The van der Waals surface area contributed by atoms with Crippen LogP contribution in [0.15, 0.2) is 47.0 Å². The molecule has 1 amide bonds. The predicted octanol–water partition coefficient (Wildman–Crippen LogP) is 3.28. The zero-order chi connectivity index (χ0) is 20.4. The van der Waals surface area contributed by atoms with Crippen LogP contribution in [0.1, 0.15) is 18.2 Å². The molecule has 1 saturated heterocycles. The van der Waals surface area contributed by atoms with Gasteiger partial charge >= 0.3 is 0 Å². The lowest BCUT2D eigenvalue weighted by atomic mass is 10.1. The van der Waals surface area contributed by atoms with E-state index in [0.29, 0.717) is 47.5 Å². The monoisotopic (exact) mass is 395 g/mol. The highest BCUT2D eigenvalue weighted by Gasteiger charge is 2.34. The third-order valence-corrected chi connectivity index (χ3v) is 4.90. The minimum absolute atomic E-state index is 0.0117. The van der Waals surface area contributed by atoms with Gasteiger partial charge in [0.1, 0.15) is 17.2 Å². The van der Waals surface area contributed by atoms with Gasteiger partial charge in [-0.05, 0) is 24.3 Å². The molecule has 1 aliphatic heterocycles. The third-order valence-electron chi connectivity index (χ3n) is 4.90. The summed E-state index contributed by atoms with van der Waals surface area (Å²) in [5, 5.41) is 4.11. The van der Waals surface area contributed by atoms with Gasteiger partial charge in [-0.2, -0.15) is 4.98 Å². The van der Waals surface area contributed by atoms with E-state index in [4.69, 9.17) is 18.7 Å². The average Bonchev–Trinajstić information content (AvgIpc) is 3.40. The van der Waals surface area contributed by atoms with Gasteiger partial charge in [0.2, 0.25) is 5.91 Å². The van der Waals surface area contributed by atoms with E-state index in [-0.39, 0.29) is 11.8 Å². The Bertz CT molecular complexity index is 1010. The van der Waals surface area contributed by atoms with Crippen LogP contribution in [0, 0.1) is 0 Å². The lowest BCUT2D eigenvalue weighted by Crippen LogP contribution is -2.24. The fraction of sp³-hybridized carbons (Fsp3) is 0.286. The summed E-state index contributed by atoms with van der Waals surface area (Å²) in [6.45, 7) is 0.479. The van der Waals surface area contributed by atoms with Crippen LogP contribution in [-0.4, -0.2) is 43.9 Å². The van der Waals surface area contributed by atoms with Crippen molar-refractivity contribution in [3.63, 3.8) is 0 Å². The second kappa shape index (κ2) is 7.83. The van der Waals surface area contributed by atoms with Gasteiger partial charge in [0.15, 0.2) is 5.82 Å². The fourth-order valence-electron chi connectivity index (χ4n) is 3.36. The summed E-state index contributed by atoms with van der Waals surface area (Å²) in [7, 11) is 4.76. The van der Waals surface area contributed by atoms with Crippen molar-refractivity contribution in [2.45, 2.75) is 12.3 Å². The van der Waals surface area contributed by atoms with Crippen LogP contribution in [0.3, 0.4) is 0 Å². The molecule has 0 N–H and O–H groups in total. The van der Waals surface area contributed by atoms with Gasteiger partial charge in [-0.15, -0.1) is 0 Å². The van der Waals surface area contributed by atoms with Gasteiger partial charge < -0.3 is 23.6 Å². The van der Waals surface area contributed by atoms with Crippen LogP contribution < -0.4 is 19.1 Å². The SMILES string of the molecule is COc1cc(OC)cc(-c2nc(C3CC(=O)N(c4cccc(OC)c4)C3)no2)c1. The van der Waals surface area contributed by atoms with Crippen LogP contribution >= 0.6 is 0 Å². The Morgan fingerprint density at radius 1 is 1.00 bits per heavy atom. The molecule has 1 fully saturated rings. The number of aromatic nitrogens is 2. The average molecular weight is 395 g/mol. The van der Waals surface area contributed by atoms with Crippen molar-refractivity contribution in [3.8, 4) is 28.7 Å². The normalized spacial score (nSPS) is 16.2. The highest BCUT2D eigenvalue weighted by Crippen LogP contribution is 2.34. The van der Waals surface area contributed by atoms with Crippen LogP contribution in [0.4, 0.5) is 5.69 Å². The first-order valence-electron chi connectivity index (χ1n) is 9.12. The van der Waals surface area contributed by atoms with Crippen LogP contribution in [0.5, 0.6) is 17.2 Å². The first-order valence-corrected chi connectivity index (χ1v) is 9.12. The van der Waals surface area contributed by atoms with Gasteiger partial charge in [-0.1, -0.05) is 11.2 Å².